The van der Waals surface area contributed by atoms with E-state index >= 15 is 0 Å². The molecule has 0 aliphatic carbocycles. The van der Waals surface area contributed by atoms with Crippen LogP contribution in [0.2, 0.25) is 0 Å². The molecule has 2 aromatic rings. The lowest BCUT2D eigenvalue weighted by Crippen LogP contribution is -2.39. The lowest BCUT2D eigenvalue weighted by atomic mass is 10.0. The zero-order valence-corrected chi connectivity index (χ0v) is 15.3. The molecule has 0 radical (unpaired) electrons. The Morgan fingerprint density at radius 3 is 2.46 bits per heavy atom. The van der Waals surface area contributed by atoms with Crippen molar-refractivity contribution in [3.63, 3.8) is 0 Å². The predicted octanol–water partition coefficient (Wildman–Crippen LogP) is 1.44. The molecule has 2 amide bonds. The van der Waals surface area contributed by atoms with Gasteiger partial charge in [-0.15, -0.1) is 0 Å². The summed E-state index contributed by atoms with van der Waals surface area (Å²) in [7, 11) is 0. The summed E-state index contributed by atoms with van der Waals surface area (Å²) in [6.07, 6.45) is 1.42. The fraction of sp³-hybridized carbons (Fsp3) is 0.471. The molecular formula is C17H24N6O3. The smallest absolute Gasteiger partial charge is 0.253 e. The fourth-order valence-electron chi connectivity index (χ4n) is 2.17. The number of anilines is 1. The van der Waals surface area contributed by atoms with Gasteiger partial charge in [-0.05, 0) is 18.1 Å². The van der Waals surface area contributed by atoms with Gasteiger partial charge in [-0.2, -0.15) is 4.98 Å². The van der Waals surface area contributed by atoms with Gasteiger partial charge in [0, 0.05) is 12.1 Å². The van der Waals surface area contributed by atoms with Crippen LogP contribution < -0.4 is 16.4 Å². The number of nitrogens with two attached hydrogens (primary N) is 1. The Balaban J connectivity index is 1.94. The second kappa shape index (κ2) is 8.41. The van der Waals surface area contributed by atoms with E-state index in [-0.39, 0.29) is 24.3 Å². The largest absolute Gasteiger partial charge is 0.368 e. The molecule has 0 bridgehead atoms. The lowest BCUT2D eigenvalue weighted by Gasteiger charge is -2.19. The number of pyridine rings is 1. The summed E-state index contributed by atoms with van der Waals surface area (Å²) in [5.41, 5.74) is 5.74. The maximum absolute atomic E-state index is 12.2. The van der Waals surface area contributed by atoms with Crippen LogP contribution in [0.15, 0.2) is 22.9 Å². The van der Waals surface area contributed by atoms with E-state index in [9.17, 15) is 9.59 Å². The SMILES string of the molecule is CC(C)c1nc(CNC(=O)c2ccc(N[C@@H](C(N)=O)C(C)C)nc2)no1. The minimum atomic E-state index is -0.532. The van der Waals surface area contributed by atoms with Gasteiger partial charge in [0.25, 0.3) is 5.91 Å². The molecule has 0 aliphatic heterocycles. The topological polar surface area (TPSA) is 136 Å². The quantitative estimate of drug-likeness (QED) is 0.648. The number of hydrogen-bond acceptors (Lipinski definition) is 7. The average molecular weight is 360 g/mol. The average Bonchev–Trinajstić information content (AvgIpc) is 3.07. The van der Waals surface area contributed by atoms with Gasteiger partial charge in [0.15, 0.2) is 5.82 Å². The maximum atomic E-state index is 12.2. The Labute approximate surface area is 151 Å². The third-order valence-corrected chi connectivity index (χ3v) is 3.69. The van der Waals surface area contributed by atoms with Crippen LogP contribution in [0.5, 0.6) is 0 Å². The molecule has 0 unspecified atom stereocenters. The lowest BCUT2D eigenvalue weighted by molar-refractivity contribution is -0.119. The molecular weight excluding hydrogens is 336 g/mol. The second-order valence-corrected chi connectivity index (χ2v) is 6.59. The first kappa shape index (κ1) is 19.4. The minimum Gasteiger partial charge on any atom is -0.368 e. The molecule has 140 valence electrons. The first-order valence-corrected chi connectivity index (χ1v) is 8.40. The van der Waals surface area contributed by atoms with Gasteiger partial charge in [0.2, 0.25) is 11.8 Å². The number of rotatable bonds is 8. The highest BCUT2D eigenvalue weighted by Gasteiger charge is 2.19. The third-order valence-electron chi connectivity index (χ3n) is 3.69. The summed E-state index contributed by atoms with van der Waals surface area (Å²) in [5, 5.41) is 9.48. The maximum Gasteiger partial charge on any atom is 0.253 e. The Hall–Kier alpha value is -2.97. The summed E-state index contributed by atoms with van der Waals surface area (Å²) in [5.74, 6) is 0.794. The molecule has 0 fully saturated rings. The number of amides is 2. The molecule has 0 aliphatic rings. The molecule has 0 saturated carbocycles. The highest BCUT2D eigenvalue weighted by atomic mass is 16.5. The van der Waals surface area contributed by atoms with Crippen LogP contribution in [0.3, 0.4) is 0 Å². The molecule has 9 nitrogen and oxygen atoms in total. The normalized spacial score (nSPS) is 12.2. The third kappa shape index (κ3) is 5.01. The van der Waals surface area contributed by atoms with Crippen molar-refractivity contribution in [2.24, 2.45) is 11.7 Å². The molecule has 26 heavy (non-hydrogen) atoms. The van der Waals surface area contributed by atoms with Crippen molar-refractivity contribution in [3.8, 4) is 0 Å². The highest BCUT2D eigenvalue weighted by Crippen LogP contribution is 2.12. The Bertz CT molecular complexity index is 754. The van der Waals surface area contributed by atoms with Gasteiger partial charge >= 0.3 is 0 Å². The van der Waals surface area contributed by atoms with Crippen LogP contribution in [0.4, 0.5) is 5.82 Å². The molecule has 0 aromatic carbocycles. The summed E-state index contributed by atoms with van der Waals surface area (Å²) >= 11 is 0. The van der Waals surface area contributed by atoms with E-state index in [2.05, 4.69) is 25.8 Å². The first-order chi connectivity index (χ1) is 12.3. The summed E-state index contributed by atoms with van der Waals surface area (Å²) in [6.45, 7) is 7.81. The molecule has 2 rings (SSSR count). The number of nitrogens with zero attached hydrogens (tertiary/aromatic N) is 3. The minimum absolute atomic E-state index is 0.0166. The number of nitrogens with one attached hydrogen (secondary N) is 2. The Morgan fingerprint density at radius 1 is 1.23 bits per heavy atom. The van der Waals surface area contributed by atoms with Gasteiger partial charge in [-0.3, -0.25) is 9.59 Å². The van der Waals surface area contributed by atoms with E-state index in [1.54, 1.807) is 12.1 Å². The second-order valence-electron chi connectivity index (χ2n) is 6.59. The van der Waals surface area contributed by atoms with Crippen LogP contribution in [0.25, 0.3) is 0 Å². The fourth-order valence-corrected chi connectivity index (χ4v) is 2.17. The molecule has 2 heterocycles. The van der Waals surface area contributed by atoms with Crippen molar-refractivity contribution in [1.82, 2.24) is 20.4 Å². The van der Waals surface area contributed by atoms with Crippen LogP contribution in [0, 0.1) is 5.92 Å². The van der Waals surface area contributed by atoms with Crippen molar-refractivity contribution in [2.45, 2.75) is 46.2 Å². The van der Waals surface area contributed by atoms with Gasteiger partial charge in [0.1, 0.15) is 11.9 Å². The Kier molecular flexibility index (Phi) is 6.26. The first-order valence-electron chi connectivity index (χ1n) is 8.40. The number of carbonyl (C=O) groups is 2. The summed E-state index contributed by atoms with van der Waals surface area (Å²) < 4.78 is 5.08. The monoisotopic (exact) mass is 360 g/mol. The van der Waals surface area contributed by atoms with E-state index in [0.717, 1.165) is 0 Å². The van der Waals surface area contributed by atoms with Crippen LogP contribution >= 0.6 is 0 Å². The molecule has 0 saturated heterocycles. The summed E-state index contributed by atoms with van der Waals surface area (Å²) in [4.78, 5) is 32.0. The van der Waals surface area contributed by atoms with Crippen LogP contribution in [-0.2, 0) is 11.3 Å². The van der Waals surface area contributed by atoms with Crippen molar-refractivity contribution in [2.75, 3.05) is 5.32 Å². The van der Waals surface area contributed by atoms with E-state index in [1.165, 1.54) is 6.20 Å². The predicted molar refractivity (Wildman–Crippen MR) is 95.2 cm³/mol. The van der Waals surface area contributed by atoms with Gasteiger partial charge in [0.05, 0.1) is 12.1 Å². The van der Waals surface area contributed by atoms with Crippen molar-refractivity contribution in [1.29, 1.82) is 0 Å². The van der Waals surface area contributed by atoms with Crippen molar-refractivity contribution in [3.05, 3.63) is 35.6 Å². The van der Waals surface area contributed by atoms with Gasteiger partial charge < -0.3 is 20.9 Å². The van der Waals surface area contributed by atoms with Crippen molar-refractivity contribution >= 4 is 17.6 Å². The van der Waals surface area contributed by atoms with Crippen molar-refractivity contribution < 1.29 is 14.1 Å². The standard InChI is InChI=1S/C17H24N6O3/c1-9(2)14(15(18)24)21-12-6-5-11(7-19-12)16(25)20-8-13-22-17(10(3)4)26-23-13/h5-7,9-10,14H,8H2,1-4H3,(H2,18,24)(H,19,21)(H,20,25)/t14-/m1/s1. The number of aromatic nitrogens is 3. The van der Waals surface area contributed by atoms with E-state index in [1.807, 2.05) is 27.7 Å². The van der Waals surface area contributed by atoms with Gasteiger partial charge in [-0.1, -0.05) is 32.9 Å². The number of carbonyl (C=O) groups excluding carboxylic acids is 2. The van der Waals surface area contributed by atoms with E-state index in [4.69, 9.17) is 10.3 Å². The zero-order chi connectivity index (χ0) is 19.3. The molecule has 9 heteroatoms. The molecule has 4 N–H and O–H groups in total. The number of hydrogen-bond donors (Lipinski definition) is 3. The number of primary amides is 1. The zero-order valence-electron chi connectivity index (χ0n) is 15.3. The Morgan fingerprint density at radius 2 is 1.96 bits per heavy atom. The van der Waals surface area contributed by atoms with E-state index < -0.39 is 11.9 Å². The molecule has 2 aromatic heterocycles. The molecule has 0 spiro atoms. The molecule has 1 atom stereocenters. The summed E-state index contributed by atoms with van der Waals surface area (Å²) in [6, 6.07) is 2.70. The van der Waals surface area contributed by atoms with Gasteiger partial charge in [-0.25, -0.2) is 4.98 Å². The van der Waals surface area contributed by atoms with Crippen LogP contribution in [0.1, 0.15) is 55.7 Å². The highest BCUT2D eigenvalue weighted by molar-refractivity contribution is 5.94. The van der Waals surface area contributed by atoms with E-state index in [0.29, 0.717) is 23.1 Å². The van der Waals surface area contributed by atoms with Crippen LogP contribution in [-0.4, -0.2) is 33.0 Å².